The van der Waals surface area contributed by atoms with Gasteiger partial charge in [0, 0.05) is 35.1 Å². The summed E-state index contributed by atoms with van der Waals surface area (Å²) in [4.78, 5) is 14.7. The maximum absolute atomic E-state index is 12.3. The first-order valence-electron chi connectivity index (χ1n) is 10.5. The molecule has 1 N–H and O–H groups in total. The number of carbonyl (C=O) groups excluding carboxylic acids is 1. The van der Waals surface area contributed by atoms with Crippen LogP contribution in [0, 0.1) is 6.92 Å². The normalized spacial score (nSPS) is 13.8. The van der Waals surface area contributed by atoms with E-state index in [1.165, 1.54) is 36.7 Å². The first-order chi connectivity index (χ1) is 15.1. The number of carbonyl (C=O) groups is 1. The number of halogens is 1. The lowest BCUT2D eigenvalue weighted by molar-refractivity contribution is -0.113. The van der Waals surface area contributed by atoms with Gasteiger partial charge in [0.05, 0.1) is 11.4 Å². The van der Waals surface area contributed by atoms with E-state index in [-0.39, 0.29) is 11.7 Å². The number of nitrogens with one attached hydrogen (secondary N) is 1. The van der Waals surface area contributed by atoms with Gasteiger partial charge in [-0.25, -0.2) is 0 Å². The van der Waals surface area contributed by atoms with Crippen molar-refractivity contribution >= 4 is 40.6 Å². The summed E-state index contributed by atoms with van der Waals surface area (Å²) in [7, 11) is 0. The standard InChI is InChI=1S/C24H25ClN4OS/c1-17-20(25)6-5-7-21(17)26-23(30)16-31-24-13-12-22(27-28-24)18-8-10-19(11-9-18)29-14-3-2-4-15-29/h5-13H,2-4,14-16H2,1H3,(H,26,30). The first-order valence-corrected chi connectivity index (χ1v) is 11.8. The van der Waals surface area contributed by atoms with Crippen molar-refractivity contribution < 1.29 is 4.79 Å². The van der Waals surface area contributed by atoms with E-state index >= 15 is 0 Å². The number of thioether (sulfide) groups is 1. The highest BCUT2D eigenvalue weighted by atomic mass is 35.5. The average molecular weight is 453 g/mol. The molecule has 1 aromatic heterocycles. The minimum Gasteiger partial charge on any atom is -0.372 e. The van der Waals surface area contributed by atoms with Crippen LogP contribution in [0.1, 0.15) is 24.8 Å². The van der Waals surface area contributed by atoms with Crippen LogP contribution in [0.5, 0.6) is 0 Å². The Morgan fingerprint density at radius 3 is 2.52 bits per heavy atom. The third kappa shape index (κ3) is 5.57. The minimum atomic E-state index is -0.102. The largest absolute Gasteiger partial charge is 0.372 e. The van der Waals surface area contributed by atoms with Gasteiger partial charge in [0.1, 0.15) is 5.03 Å². The maximum Gasteiger partial charge on any atom is 0.234 e. The molecule has 1 saturated heterocycles. The molecule has 1 fully saturated rings. The average Bonchev–Trinajstić information content (AvgIpc) is 2.82. The molecule has 7 heteroatoms. The van der Waals surface area contributed by atoms with Crippen LogP contribution in [-0.2, 0) is 4.79 Å². The van der Waals surface area contributed by atoms with Crippen molar-refractivity contribution in [2.24, 2.45) is 0 Å². The van der Waals surface area contributed by atoms with Gasteiger partial charge in [0.15, 0.2) is 0 Å². The Labute approximate surface area is 192 Å². The Kier molecular flexibility index (Phi) is 7.10. The molecule has 0 spiro atoms. The fourth-order valence-electron chi connectivity index (χ4n) is 3.61. The second kappa shape index (κ2) is 10.2. The fraction of sp³-hybridized carbons (Fsp3) is 0.292. The second-order valence-corrected chi connectivity index (χ2v) is 9.00. The lowest BCUT2D eigenvalue weighted by Gasteiger charge is -2.28. The van der Waals surface area contributed by atoms with E-state index in [1.54, 1.807) is 6.07 Å². The van der Waals surface area contributed by atoms with Crippen LogP contribution in [0.2, 0.25) is 5.02 Å². The minimum absolute atomic E-state index is 0.102. The molecule has 0 saturated carbocycles. The molecule has 0 atom stereocenters. The van der Waals surface area contributed by atoms with E-state index in [9.17, 15) is 4.79 Å². The monoisotopic (exact) mass is 452 g/mol. The van der Waals surface area contributed by atoms with Crippen LogP contribution >= 0.6 is 23.4 Å². The quantitative estimate of drug-likeness (QED) is 0.477. The lowest BCUT2D eigenvalue weighted by atomic mass is 10.1. The summed E-state index contributed by atoms with van der Waals surface area (Å²) >= 11 is 7.46. The van der Waals surface area contributed by atoms with Crippen molar-refractivity contribution in [3.8, 4) is 11.3 Å². The zero-order valence-electron chi connectivity index (χ0n) is 17.5. The van der Waals surface area contributed by atoms with Crippen LogP contribution in [0.25, 0.3) is 11.3 Å². The molecule has 1 amide bonds. The van der Waals surface area contributed by atoms with Gasteiger partial charge in [0.2, 0.25) is 5.91 Å². The summed E-state index contributed by atoms with van der Waals surface area (Å²) < 4.78 is 0. The molecular weight excluding hydrogens is 428 g/mol. The van der Waals surface area contributed by atoms with Crippen LogP contribution < -0.4 is 10.2 Å². The number of piperidine rings is 1. The zero-order valence-corrected chi connectivity index (χ0v) is 19.0. The van der Waals surface area contributed by atoms with Crippen LogP contribution in [0.15, 0.2) is 59.6 Å². The summed E-state index contributed by atoms with van der Waals surface area (Å²) in [5, 5.41) is 12.9. The number of hydrogen-bond acceptors (Lipinski definition) is 5. The van der Waals surface area contributed by atoms with Gasteiger partial charge in [0.25, 0.3) is 0 Å². The predicted octanol–water partition coefficient (Wildman–Crippen LogP) is 5.83. The third-order valence-electron chi connectivity index (χ3n) is 5.42. The van der Waals surface area contributed by atoms with Crippen molar-refractivity contribution in [2.75, 3.05) is 29.1 Å². The van der Waals surface area contributed by atoms with Gasteiger partial charge in [-0.1, -0.05) is 41.6 Å². The summed E-state index contributed by atoms with van der Waals surface area (Å²) in [6.45, 7) is 4.15. The zero-order chi connectivity index (χ0) is 21.6. The van der Waals surface area contributed by atoms with E-state index in [4.69, 9.17) is 11.6 Å². The number of anilines is 2. The molecular formula is C24H25ClN4OS. The summed E-state index contributed by atoms with van der Waals surface area (Å²) in [6, 6.07) is 17.8. The lowest BCUT2D eigenvalue weighted by Crippen LogP contribution is -2.29. The van der Waals surface area contributed by atoms with E-state index in [1.807, 2.05) is 31.2 Å². The molecule has 31 heavy (non-hydrogen) atoms. The Hall–Kier alpha value is -2.57. The smallest absolute Gasteiger partial charge is 0.234 e. The van der Waals surface area contributed by atoms with Crippen LogP contribution in [0.4, 0.5) is 11.4 Å². The number of nitrogens with zero attached hydrogens (tertiary/aromatic N) is 3. The number of rotatable bonds is 6. The molecule has 0 radical (unpaired) electrons. The van der Waals surface area contributed by atoms with Crippen molar-refractivity contribution in [1.82, 2.24) is 10.2 Å². The van der Waals surface area contributed by atoms with Gasteiger partial charge >= 0.3 is 0 Å². The maximum atomic E-state index is 12.3. The molecule has 2 aromatic carbocycles. The Morgan fingerprint density at radius 2 is 1.81 bits per heavy atom. The Balaban J connectivity index is 1.32. The summed E-state index contributed by atoms with van der Waals surface area (Å²) in [6.07, 6.45) is 3.86. The third-order valence-corrected chi connectivity index (χ3v) is 6.75. The Bertz CT molecular complexity index is 1030. The van der Waals surface area contributed by atoms with Crippen molar-refractivity contribution in [3.05, 3.63) is 65.2 Å². The molecule has 1 aliphatic heterocycles. The van der Waals surface area contributed by atoms with E-state index < -0.39 is 0 Å². The SMILES string of the molecule is Cc1c(Cl)cccc1NC(=O)CSc1ccc(-c2ccc(N3CCCCC3)cc2)nn1. The first kappa shape index (κ1) is 21.7. The van der Waals surface area contributed by atoms with Crippen molar-refractivity contribution in [2.45, 2.75) is 31.2 Å². The molecule has 4 rings (SSSR count). The van der Waals surface area contributed by atoms with Gasteiger partial charge in [-0.05, 0) is 68.1 Å². The highest BCUT2D eigenvalue weighted by Crippen LogP contribution is 2.26. The molecule has 160 valence electrons. The molecule has 5 nitrogen and oxygen atoms in total. The second-order valence-electron chi connectivity index (χ2n) is 7.60. The molecule has 0 unspecified atom stereocenters. The summed E-state index contributed by atoms with van der Waals surface area (Å²) in [5.41, 5.74) is 4.72. The molecule has 1 aliphatic rings. The molecule has 0 aliphatic carbocycles. The molecule has 0 bridgehead atoms. The topological polar surface area (TPSA) is 58.1 Å². The number of benzene rings is 2. The molecule has 2 heterocycles. The van der Waals surface area contributed by atoms with E-state index in [0.717, 1.165) is 35.6 Å². The highest BCUT2D eigenvalue weighted by molar-refractivity contribution is 7.99. The number of hydrogen-bond donors (Lipinski definition) is 1. The van der Waals surface area contributed by atoms with Crippen molar-refractivity contribution in [1.29, 1.82) is 0 Å². The predicted molar refractivity (Wildman–Crippen MR) is 129 cm³/mol. The van der Waals surface area contributed by atoms with Gasteiger partial charge in [-0.15, -0.1) is 10.2 Å². The summed E-state index contributed by atoms with van der Waals surface area (Å²) in [5.74, 6) is 0.152. The van der Waals surface area contributed by atoms with E-state index in [0.29, 0.717) is 10.0 Å². The number of amides is 1. The fourth-order valence-corrected chi connectivity index (χ4v) is 4.40. The van der Waals surface area contributed by atoms with Gasteiger partial charge in [-0.2, -0.15) is 0 Å². The highest BCUT2D eigenvalue weighted by Gasteiger charge is 2.12. The van der Waals surface area contributed by atoms with Gasteiger partial charge in [-0.3, -0.25) is 4.79 Å². The van der Waals surface area contributed by atoms with Crippen molar-refractivity contribution in [3.63, 3.8) is 0 Å². The van der Waals surface area contributed by atoms with Crippen LogP contribution in [0.3, 0.4) is 0 Å². The Morgan fingerprint density at radius 1 is 1.03 bits per heavy atom. The number of aromatic nitrogens is 2. The van der Waals surface area contributed by atoms with E-state index in [2.05, 4.69) is 44.7 Å². The molecule has 3 aromatic rings. The van der Waals surface area contributed by atoms with Gasteiger partial charge < -0.3 is 10.2 Å². The van der Waals surface area contributed by atoms with Crippen LogP contribution in [-0.4, -0.2) is 34.9 Å².